The first-order valence-corrected chi connectivity index (χ1v) is 14.0. The number of amides is 2. The molecule has 5 heterocycles. The van der Waals surface area contributed by atoms with Crippen LogP contribution >= 0.6 is 0 Å². The number of piperidine rings is 1. The third kappa shape index (κ3) is 9.85. The Morgan fingerprint density at radius 1 is 1.23 bits per heavy atom. The predicted molar refractivity (Wildman–Crippen MR) is 150 cm³/mol. The second-order valence-corrected chi connectivity index (χ2v) is 9.93. The number of likely N-dealkylation sites (tertiary alicyclic amines) is 1. The summed E-state index contributed by atoms with van der Waals surface area (Å²) in [5.74, 6) is 1.27. The fourth-order valence-corrected chi connectivity index (χ4v) is 4.54. The molecule has 2 aromatic heterocycles. The Bertz CT molecular complexity index is 1110. The number of carbonyl (C=O) groups excluding carboxylic acids is 2. The molecule has 10 heteroatoms. The number of fused-ring (bicyclic) bond motifs is 2. The van der Waals surface area contributed by atoms with Gasteiger partial charge in [-0.2, -0.15) is 0 Å². The van der Waals surface area contributed by atoms with Crippen molar-refractivity contribution in [2.24, 2.45) is 5.92 Å². The number of carbonyl (C=O) groups is 3. The molecule has 212 valence electrons. The number of carboxylic acids is 1. The van der Waals surface area contributed by atoms with E-state index < -0.39 is 5.97 Å². The van der Waals surface area contributed by atoms with Crippen molar-refractivity contribution < 1.29 is 24.2 Å². The van der Waals surface area contributed by atoms with Gasteiger partial charge in [0.15, 0.2) is 6.61 Å². The fraction of sp³-hybridized carbons (Fsp3) is 0.552. The van der Waals surface area contributed by atoms with Gasteiger partial charge < -0.3 is 25.4 Å². The van der Waals surface area contributed by atoms with Crippen molar-refractivity contribution in [2.75, 3.05) is 36.9 Å². The number of nitrogens with zero attached hydrogens (tertiary/aromatic N) is 3. The SMILES string of the molecule is CCC1CCN(CCC(=O)O)C(=O)C1.CCCCc1ccc2c(n1)NCCC2.O=C1COc2ncccc2N1. The van der Waals surface area contributed by atoms with Crippen molar-refractivity contribution in [1.29, 1.82) is 0 Å². The van der Waals surface area contributed by atoms with Crippen molar-refractivity contribution in [3.05, 3.63) is 41.7 Å². The van der Waals surface area contributed by atoms with Crippen LogP contribution in [-0.4, -0.2) is 64.0 Å². The highest BCUT2D eigenvalue weighted by Crippen LogP contribution is 2.23. The maximum Gasteiger partial charge on any atom is 0.305 e. The first-order chi connectivity index (χ1) is 18.9. The Kier molecular flexibility index (Phi) is 12.0. The van der Waals surface area contributed by atoms with Gasteiger partial charge in [0.2, 0.25) is 11.8 Å². The molecule has 0 saturated carbocycles. The molecule has 1 atom stereocenters. The van der Waals surface area contributed by atoms with E-state index in [4.69, 9.17) is 9.84 Å². The predicted octanol–water partition coefficient (Wildman–Crippen LogP) is 4.30. The summed E-state index contributed by atoms with van der Waals surface area (Å²) in [5, 5.41) is 14.5. The van der Waals surface area contributed by atoms with Crippen LogP contribution in [-0.2, 0) is 27.2 Å². The molecule has 3 aliphatic heterocycles. The Balaban J connectivity index is 0.000000163. The molecule has 2 aromatic rings. The molecule has 0 spiro atoms. The Morgan fingerprint density at radius 2 is 2.08 bits per heavy atom. The van der Waals surface area contributed by atoms with E-state index in [1.807, 2.05) is 0 Å². The standard InChI is InChI=1S/C12H18N2.C10H17NO3.C7H6N2O2/c1-2-3-6-11-8-7-10-5-4-9-13-12(10)14-11;1-2-8-3-5-11(9(12)7-8)6-4-10(13)14;10-6-4-11-7-5(9-6)2-1-3-8-7/h7-8H,2-6,9H2,1H3,(H,13,14);8H,2-7H2,1H3,(H,13,14);1-3H,4H2,(H,9,10). The molecule has 3 N–H and O–H groups in total. The highest BCUT2D eigenvalue weighted by Gasteiger charge is 2.24. The average molecular weight is 540 g/mol. The molecular formula is C29H41N5O5. The summed E-state index contributed by atoms with van der Waals surface area (Å²) in [6.45, 7) is 6.54. The van der Waals surface area contributed by atoms with Crippen molar-refractivity contribution in [1.82, 2.24) is 14.9 Å². The normalized spacial score (nSPS) is 17.5. The molecule has 10 nitrogen and oxygen atoms in total. The van der Waals surface area contributed by atoms with E-state index in [2.05, 4.69) is 46.6 Å². The van der Waals surface area contributed by atoms with Gasteiger partial charge in [0, 0.05) is 37.9 Å². The summed E-state index contributed by atoms with van der Waals surface area (Å²) in [7, 11) is 0. The first kappa shape index (κ1) is 29.9. The number of hydrogen-bond acceptors (Lipinski definition) is 7. The van der Waals surface area contributed by atoms with Gasteiger partial charge in [-0.3, -0.25) is 14.4 Å². The Labute approximate surface area is 230 Å². The molecule has 0 aliphatic carbocycles. The molecule has 5 rings (SSSR count). The van der Waals surface area contributed by atoms with Crippen molar-refractivity contribution in [3.63, 3.8) is 0 Å². The zero-order chi connectivity index (χ0) is 28.0. The zero-order valence-corrected chi connectivity index (χ0v) is 23.1. The van der Waals surface area contributed by atoms with Gasteiger partial charge in [0.25, 0.3) is 5.91 Å². The van der Waals surface area contributed by atoms with E-state index in [-0.39, 0.29) is 24.8 Å². The highest BCUT2D eigenvalue weighted by atomic mass is 16.5. The molecule has 0 bridgehead atoms. The topological polar surface area (TPSA) is 134 Å². The third-order valence-electron chi connectivity index (χ3n) is 6.92. The van der Waals surface area contributed by atoms with Gasteiger partial charge in [-0.05, 0) is 61.8 Å². The smallest absolute Gasteiger partial charge is 0.305 e. The Hall–Kier alpha value is -3.69. The lowest BCUT2D eigenvalue weighted by molar-refractivity contribution is -0.139. The van der Waals surface area contributed by atoms with E-state index >= 15 is 0 Å². The summed E-state index contributed by atoms with van der Waals surface area (Å²) >= 11 is 0. The zero-order valence-electron chi connectivity index (χ0n) is 23.1. The van der Waals surface area contributed by atoms with Gasteiger partial charge in [0.05, 0.1) is 6.42 Å². The van der Waals surface area contributed by atoms with Crippen LogP contribution in [0.2, 0.25) is 0 Å². The van der Waals surface area contributed by atoms with Gasteiger partial charge in [-0.1, -0.05) is 32.8 Å². The summed E-state index contributed by atoms with van der Waals surface area (Å²) in [5.41, 5.74) is 3.26. The second-order valence-electron chi connectivity index (χ2n) is 9.93. The van der Waals surface area contributed by atoms with Gasteiger partial charge in [-0.25, -0.2) is 9.97 Å². The number of rotatable bonds is 7. The summed E-state index contributed by atoms with van der Waals surface area (Å²) in [6, 6.07) is 7.91. The maximum absolute atomic E-state index is 11.5. The highest BCUT2D eigenvalue weighted by molar-refractivity contribution is 5.94. The van der Waals surface area contributed by atoms with Crippen LogP contribution in [0.4, 0.5) is 11.5 Å². The minimum atomic E-state index is -0.838. The van der Waals surface area contributed by atoms with Crippen molar-refractivity contribution in [2.45, 2.75) is 71.6 Å². The van der Waals surface area contributed by atoms with E-state index in [1.165, 1.54) is 36.9 Å². The molecule has 0 radical (unpaired) electrons. The van der Waals surface area contributed by atoms with E-state index in [0.29, 0.717) is 30.5 Å². The number of aryl methyl sites for hydroxylation is 2. The van der Waals surface area contributed by atoms with E-state index in [9.17, 15) is 14.4 Å². The first-order valence-electron chi connectivity index (χ1n) is 14.0. The molecule has 1 fully saturated rings. The summed E-state index contributed by atoms with van der Waals surface area (Å²) in [4.78, 5) is 42.8. The molecule has 2 amide bonds. The monoisotopic (exact) mass is 539 g/mol. The van der Waals surface area contributed by atoms with Gasteiger partial charge >= 0.3 is 5.97 Å². The fourth-order valence-electron chi connectivity index (χ4n) is 4.54. The lowest BCUT2D eigenvalue weighted by atomic mass is 9.94. The van der Waals surface area contributed by atoms with Gasteiger partial charge in [-0.15, -0.1) is 0 Å². The molecule has 39 heavy (non-hydrogen) atoms. The van der Waals surface area contributed by atoms with Crippen molar-refractivity contribution in [3.8, 4) is 5.88 Å². The number of ether oxygens (including phenoxy) is 1. The van der Waals surface area contributed by atoms with E-state index in [0.717, 1.165) is 38.2 Å². The van der Waals surface area contributed by atoms with Crippen LogP contribution in [0.25, 0.3) is 0 Å². The maximum atomic E-state index is 11.5. The minimum Gasteiger partial charge on any atom is -0.481 e. The third-order valence-corrected chi connectivity index (χ3v) is 6.92. The van der Waals surface area contributed by atoms with Crippen LogP contribution in [0.15, 0.2) is 30.5 Å². The molecule has 1 unspecified atom stereocenters. The number of pyridine rings is 2. The lowest BCUT2D eigenvalue weighted by Crippen LogP contribution is -2.39. The Morgan fingerprint density at radius 3 is 2.82 bits per heavy atom. The van der Waals surface area contributed by atoms with Crippen LogP contribution in [0.1, 0.15) is 70.1 Å². The number of aliphatic carboxylic acids is 1. The molecule has 1 saturated heterocycles. The largest absolute Gasteiger partial charge is 0.481 e. The number of nitrogens with one attached hydrogen (secondary N) is 2. The van der Waals surface area contributed by atoms with Gasteiger partial charge in [0.1, 0.15) is 11.5 Å². The van der Waals surface area contributed by atoms with Crippen LogP contribution in [0.5, 0.6) is 5.88 Å². The number of carboxylic acid groups (broad SMARTS) is 1. The molecular weight excluding hydrogens is 498 g/mol. The van der Waals surface area contributed by atoms with Crippen LogP contribution in [0.3, 0.4) is 0 Å². The number of anilines is 2. The van der Waals surface area contributed by atoms with Crippen molar-refractivity contribution >= 4 is 29.3 Å². The minimum absolute atomic E-state index is 0.0581. The number of aromatic nitrogens is 2. The quantitative estimate of drug-likeness (QED) is 0.474. The summed E-state index contributed by atoms with van der Waals surface area (Å²) < 4.78 is 5.01. The van der Waals surface area contributed by atoms with Crippen LogP contribution < -0.4 is 15.4 Å². The van der Waals surface area contributed by atoms with Crippen LogP contribution in [0, 0.1) is 5.92 Å². The number of hydrogen-bond donors (Lipinski definition) is 3. The second kappa shape index (κ2) is 15.7. The average Bonchev–Trinajstić information content (AvgIpc) is 2.95. The number of unbranched alkanes of at least 4 members (excludes halogenated alkanes) is 1. The van der Waals surface area contributed by atoms with E-state index in [1.54, 1.807) is 23.2 Å². The molecule has 0 aromatic carbocycles. The summed E-state index contributed by atoms with van der Waals surface area (Å²) in [6.07, 6.45) is 10.4. The lowest BCUT2D eigenvalue weighted by Gasteiger charge is -2.30. The molecule has 3 aliphatic rings.